The van der Waals surface area contributed by atoms with Crippen molar-refractivity contribution >= 4 is 39.5 Å². The highest BCUT2D eigenvalue weighted by atomic mass is 16.5. The van der Waals surface area contributed by atoms with E-state index in [1.807, 2.05) is 37.3 Å². The van der Waals surface area contributed by atoms with Gasteiger partial charge in [0.1, 0.15) is 5.65 Å². The number of pyridine rings is 1. The normalized spacial score (nSPS) is 11.7. The lowest BCUT2D eigenvalue weighted by Crippen LogP contribution is -1.98. The third-order valence-electron chi connectivity index (χ3n) is 6.96. The second-order valence-corrected chi connectivity index (χ2v) is 9.61. The standard InChI is InChI=1S/C34H28N2O2/c1-4-38-30(37)19-13-24-12-18-27-28(21-24)31(25-14-8-22(2)9-15-25)32(26-16-10-23(3)11-17-26)34-33(27)35-29-7-5-6-20-36(29)34/h5-21H,4H2,1-3H3/b19-13+. The number of benzene rings is 4. The summed E-state index contributed by atoms with van der Waals surface area (Å²) in [4.78, 5) is 17.1. The molecule has 0 atom stereocenters. The molecule has 0 N–H and O–H groups in total. The maximum absolute atomic E-state index is 12.0. The lowest BCUT2D eigenvalue weighted by Gasteiger charge is -2.17. The molecular weight excluding hydrogens is 468 g/mol. The fraction of sp³-hybridized carbons (Fsp3) is 0.118. The molecule has 0 amide bonds. The van der Waals surface area contributed by atoms with Crippen LogP contribution in [0.4, 0.5) is 0 Å². The number of imidazole rings is 1. The van der Waals surface area contributed by atoms with Crippen LogP contribution in [0.25, 0.3) is 55.8 Å². The molecule has 6 rings (SSSR count). The van der Waals surface area contributed by atoms with E-state index in [9.17, 15) is 4.79 Å². The van der Waals surface area contributed by atoms with Crippen LogP contribution in [-0.4, -0.2) is 22.0 Å². The van der Waals surface area contributed by atoms with Crippen LogP contribution in [0.1, 0.15) is 23.6 Å². The summed E-state index contributed by atoms with van der Waals surface area (Å²) in [6, 6.07) is 29.8. The number of hydrogen-bond donors (Lipinski definition) is 0. The van der Waals surface area contributed by atoms with Gasteiger partial charge in [-0.3, -0.25) is 4.40 Å². The zero-order chi connectivity index (χ0) is 26.2. The van der Waals surface area contributed by atoms with Gasteiger partial charge in [-0.15, -0.1) is 0 Å². The van der Waals surface area contributed by atoms with Crippen molar-refractivity contribution < 1.29 is 9.53 Å². The van der Waals surface area contributed by atoms with Gasteiger partial charge in [-0.1, -0.05) is 77.9 Å². The number of fused-ring (bicyclic) bond motifs is 5. The first-order valence-corrected chi connectivity index (χ1v) is 12.9. The van der Waals surface area contributed by atoms with Crippen LogP contribution in [-0.2, 0) is 9.53 Å². The van der Waals surface area contributed by atoms with Crippen LogP contribution in [0.2, 0.25) is 0 Å². The molecule has 2 heterocycles. The third-order valence-corrected chi connectivity index (χ3v) is 6.96. The zero-order valence-electron chi connectivity index (χ0n) is 21.7. The SMILES string of the molecule is CCOC(=O)/C=C/c1ccc2c(c1)c(-c1ccc(C)cc1)c(-c1ccc(C)cc1)c1c2nc2ccccn21. The van der Waals surface area contributed by atoms with Crippen molar-refractivity contribution in [2.24, 2.45) is 0 Å². The summed E-state index contributed by atoms with van der Waals surface area (Å²) in [5.74, 6) is -0.345. The van der Waals surface area contributed by atoms with Crippen LogP contribution in [0.15, 0.2) is 97.2 Å². The molecule has 0 aliphatic rings. The molecule has 4 aromatic carbocycles. The first-order chi connectivity index (χ1) is 18.5. The number of carbonyl (C=O) groups excluding carboxylic acids is 1. The van der Waals surface area contributed by atoms with Gasteiger partial charge >= 0.3 is 5.97 Å². The molecule has 2 aromatic heterocycles. The third kappa shape index (κ3) is 4.14. The predicted molar refractivity (Wildman–Crippen MR) is 156 cm³/mol. The quantitative estimate of drug-likeness (QED) is 0.179. The smallest absolute Gasteiger partial charge is 0.330 e. The average Bonchev–Trinajstić information content (AvgIpc) is 3.32. The summed E-state index contributed by atoms with van der Waals surface area (Å²) in [7, 11) is 0. The van der Waals surface area contributed by atoms with E-state index in [0.29, 0.717) is 6.61 Å². The van der Waals surface area contributed by atoms with E-state index in [2.05, 4.69) is 85.1 Å². The highest BCUT2D eigenvalue weighted by molar-refractivity contribution is 6.20. The molecule has 0 unspecified atom stereocenters. The maximum Gasteiger partial charge on any atom is 0.330 e. The summed E-state index contributed by atoms with van der Waals surface area (Å²) in [6.07, 6.45) is 5.39. The molecule has 4 heteroatoms. The lowest BCUT2D eigenvalue weighted by molar-refractivity contribution is -0.137. The minimum Gasteiger partial charge on any atom is -0.463 e. The van der Waals surface area contributed by atoms with Crippen molar-refractivity contribution in [2.75, 3.05) is 6.61 Å². The van der Waals surface area contributed by atoms with Crippen LogP contribution in [0, 0.1) is 13.8 Å². The fourth-order valence-corrected chi connectivity index (χ4v) is 5.13. The summed E-state index contributed by atoms with van der Waals surface area (Å²) < 4.78 is 7.29. The molecule has 38 heavy (non-hydrogen) atoms. The summed E-state index contributed by atoms with van der Waals surface area (Å²) in [5.41, 5.74) is 10.9. The van der Waals surface area contributed by atoms with E-state index in [-0.39, 0.29) is 5.97 Å². The molecule has 0 bridgehead atoms. The largest absolute Gasteiger partial charge is 0.463 e. The molecule has 0 radical (unpaired) electrons. The number of rotatable bonds is 5. The van der Waals surface area contributed by atoms with Crippen molar-refractivity contribution in [1.29, 1.82) is 0 Å². The number of hydrogen-bond acceptors (Lipinski definition) is 3. The Labute approximate surface area is 221 Å². The molecular formula is C34H28N2O2. The Morgan fingerprint density at radius 3 is 2.21 bits per heavy atom. The van der Waals surface area contributed by atoms with E-state index >= 15 is 0 Å². The average molecular weight is 497 g/mol. The molecule has 0 aliphatic heterocycles. The van der Waals surface area contributed by atoms with Crippen molar-refractivity contribution in [3.8, 4) is 22.3 Å². The number of aromatic nitrogens is 2. The fourth-order valence-electron chi connectivity index (χ4n) is 5.13. The van der Waals surface area contributed by atoms with Crippen molar-refractivity contribution in [1.82, 2.24) is 9.38 Å². The van der Waals surface area contributed by atoms with Gasteiger partial charge in [0, 0.05) is 23.2 Å². The highest BCUT2D eigenvalue weighted by Crippen LogP contribution is 2.45. The predicted octanol–water partition coefficient (Wildman–Crippen LogP) is 8.17. The van der Waals surface area contributed by atoms with Gasteiger partial charge < -0.3 is 4.74 Å². The molecule has 0 saturated heterocycles. The van der Waals surface area contributed by atoms with Gasteiger partial charge in [0.15, 0.2) is 0 Å². The molecule has 186 valence electrons. The summed E-state index contributed by atoms with van der Waals surface area (Å²) >= 11 is 0. The van der Waals surface area contributed by atoms with Crippen LogP contribution in [0.3, 0.4) is 0 Å². The summed E-state index contributed by atoms with van der Waals surface area (Å²) in [5, 5.41) is 2.16. The Kier molecular flexibility index (Phi) is 6.01. The molecule has 0 saturated carbocycles. The van der Waals surface area contributed by atoms with Crippen molar-refractivity contribution in [2.45, 2.75) is 20.8 Å². The summed E-state index contributed by atoms with van der Waals surface area (Å²) in [6.45, 7) is 6.37. The van der Waals surface area contributed by atoms with E-state index in [1.165, 1.54) is 17.2 Å². The van der Waals surface area contributed by atoms with E-state index < -0.39 is 0 Å². The van der Waals surface area contributed by atoms with Crippen LogP contribution >= 0.6 is 0 Å². The topological polar surface area (TPSA) is 43.6 Å². The van der Waals surface area contributed by atoms with Gasteiger partial charge in [-0.25, -0.2) is 9.78 Å². The highest BCUT2D eigenvalue weighted by Gasteiger charge is 2.21. The second-order valence-electron chi connectivity index (χ2n) is 9.61. The number of ether oxygens (including phenoxy) is 1. The first-order valence-electron chi connectivity index (χ1n) is 12.9. The van der Waals surface area contributed by atoms with E-state index in [0.717, 1.165) is 55.3 Å². The molecule has 0 aliphatic carbocycles. The Morgan fingerprint density at radius 2 is 1.53 bits per heavy atom. The maximum atomic E-state index is 12.0. The number of aryl methyl sites for hydroxylation is 2. The van der Waals surface area contributed by atoms with E-state index in [4.69, 9.17) is 9.72 Å². The Morgan fingerprint density at radius 1 is 0.842 bits per heavy atom. The van der Waals surface area contributed by atoms with Gasteiger partial charge in [0.05, 0.1) is 17.6 Å². The number of carbonyl (C=O) groups is 1. The van der Waals surface area contributed by atoms with Crippen LogP contribution < -0.4 is 0 Å². The second kappa shape index (κ2) is 9.64. The Balaban J connectivity index is 1.77. The van der Waals surface area contributed by atoms with Gasteiger partial charge in [-0.2, -0.15) is 0 Å². The van der Waals surface area contributed by atoms with Crippen molar-refractivity contribution in [3.63, 3.8) is 0 Å². The van der Waals surface area contributed by atoms with Crippen molar-refractivity contribution in [3.05, 3.63) is 114 Å². The molecule has 0 spiro atoms. The van der Waals surface area contributed by atoms with Gasteiger partial charge in [0.2, 0.25) is 0 Å². The number of nitrogens with zero attached hydrogens (tertiary/aromatic N) is 2. The first kappa shape index (κ1) is 23.7. The minimum absolute atomic E-state index is 0.345. The van der Waals surface area contributed by atoms with Crippen LogP contribution in [0.5, 0.6) is 0 Å². The zero-order valence-corrected chi connectivity index (χ0v) is 21.7. The van der Waals surface area contributed by atoms with E-state index in [1.54, 1.807) is 0 Å². The number of esters is 1. The Hall–Kier alpha value is -4.70. The molecule has 4 nitrogen and oxygen atoms in total. The molecule has 6 aromatic rings. The van der Waals surface area contributed by atoms with Gasteiger partial charge in [-0.05, 0) is 72.7 Å². The van der Waals surface area contributed by atoms with Gasteiger partial charge in [0.25, 0.3) is 0 Å². The minimum atomic E-state index is -0.345. The Bertz CT molecular complexity index is 1840. The monoisotopic (exact) mass is 496 g/mol. The lowest BCUT2D eigenvalue weighted by atomic mass is 9.87. The molecule has 0 fully saturated rings.